The highest BCUT2D eigenvalue weighted by Crippen LogP contribution is 2.37. The fourth-order valence-corrected chi connectivity index (χ4v) is 2.58. The van der Waals surface area contributed by atoms with Gasteiger partial charge in [-0.1, -0.05) is 60.7 Å². The lowest BCUT2D eigenvalue weighted by Gasteiger charge is -2.09. The second-order valence-electron chi connectivity index (χ2n) is 6.11. The Kier molecular flexibility index (Phi) is 5.78. The average Bonchev–Trinajstić information content (AvgIpc) is 2.79. The summed E-state index contributed by atoms with van der Waals surface area (Å²) in [6.07, 6.45) is 0. The van der Waals surface area contributed by atoms with Crippen LogP contribution in [0.1, 0.15) is 0 Å². The molecule has 0 radical (unpaired) electrons. The molecule has 0 saturated carbocycles. The van der Waals surface area contributed by atoms with E-state index in [9.17, 15) is 0 Å². The lowest BCUT2D eigenvalue weighted by atomic mass is 10.2. The second-order valence-corrected chi connectivity index (χ2v) is 6.11. The van der Waals surface area contributed by atoms with E-state index >= 15 is 0 Å². The molecule has 0 spiro atoms. The van der Waals surface area contributed by atoms with Crippen molar-refractivity contribution in [2.75, 3.05) is 0 Å². The molecule has 0 bridgehead atoms. The molecule has 0 aliphatic rings. The number of benzene rings is 4. The van der Waals surface area contributed by atoms with Crippen molar-refractivity contribution < 1.29 is 4.74 Å². The van der Waals surface area contributed by atoms with E-state index in [1.54, 1.807) is 0 Å². The van der Waals surface area contributed by atoms with E-state index in [0.717, 1.165) is 11.4 Å². The van der Waals surface area contributed by atoms with Crippen LogP contribution in [0, 0.1) is 0 Å². The first-order chi connectivity index (χ1) is 14.4. The molecule has 0 N–H and O–H groups in total. The fraction of sp³-hybridized carbons (Fsp3) is 0. The summed E-state index contributed by atoms with van der Waals surface area (Å²) >= 11 is 0. The third kappa shape index (κ3) is 4.99. The van der Waals surface area contributed by atoms with Crippen LogP contribution in [0.3, 0.4) is 0 Å². The molecule has 0 aliphatic heterocycles. The quantitative estimate of drug-likeness (QED) is 0.311. The molecule has 0 saturated heterocycles. The van der Waals surface area contributed by atoms with Gasteiger partial charge in [-0.2, -0.15) is 10.2 Å². The van der Waals surface area contributed by atoms with Gasteiger partial charge in [0.05, 0.1) is 11.4 Å². The number of ether oxygens (including phenoxy) is 1. The largest absolute Gasteiger partial charge is 0.453 e. The number of hydrogen-bond donors (Lipinski definition) is 0. The van der Waals surface area contributed by atoms with E-state index in [1.807, 2.05) is 109 Å². The van der Waals surface area contributed by atoms with Gasteiger partial charge in [-0.15, -0.1) is 10.2 Å². The lowest BCUT2D eigenvalue weighted by molar-refractivity contribution is 0.484. The molecule has 0 unspecified atom stereocenters. The van der Waals surface area contributed by atoms with Crippen molar-refractivity contribution in [3.8, 4) is 11.5 Å². The Bertz CT molecular complexity index is 1030. The number of azo groups is 2. The van der Waals surface area contributed by atoms with Crippen LogP contribution in [0.15, 0.2) is 130 Å². The van der Waals surface area contributed by atoms with Crippen LogP contribution in [0.25, 0.3) is 0 Å². The van der Waals surface area contributed by atoms with Crippen LogP contribution < -0.4 is 4.74 Å². The lowest BCUT2D eigenvalue weighted by Crippen LogP contribution is -1.85. The molecular formula is C24H18N4O. The first kappa shape index (κ1) is 18.3. The maximum Gasteiger partial charge on any atom is 0.155 e. The van der Waals surface area contributed by atoms with E-state index in [1.165, 1.54) is 0 Å². The minimum atomic E-state index is 0.592. The highest BCUT2D eigenvalue weighted by molar-refractivity contribution is 5.58. The maximum absolute atomic E-state index is 6.11. The Hall–Kier alpha value is -4.12. The molecule has 4 aromatic carbocycles. The topological polar surface area (TPSA) is 58.7 Å². The summed E-state index contributed by atoms with van der Waals surface area (Å²) in [5.74, 6) is 1.18. The minimum Gasteiger partial charge on any atom is -0.453 e. The van der Waals surface area contributed by atoms with Crippen molar-refractivity contribution in [3.05, 3.63) is 109 Å². The van der Waals surface area contributed by atoms with Crippen LogP contribution in [-0.4, -0.2) is 0 Å². The Balaban J connectivity index is 1.59. The van der Waals surface area contributed by atoms with Gasteiger partial charge in [0.1, 0.15) is 11.4 Å². The van der Waals surface area contributed by atoms with Gasteiger partial charge in [0.15, 0.2) is 11.5 Å². The fourth-order valence-electron chi connectivity index (χ4n) is 2.58. The van der Waals surface area contributed by atoms with Crippen LogP contribution >= 0.6 is 0 Å². The Morgan fingerprint density at radius 1 is 0.379 bits per heavy atom. The van der Waals surface area contributed by atoms with Gasteiger partial charge >= 0.3 is 0 Å². The van der Waals surface area contributed by atoms with Crippen LogP contribution in [0.5, 0.6) is 11.5 Å². The highest BCUT2D eigenvalue weighted by Gasteiger charge is 2.08. The molecule has 4 rings (SSSR count). The number of rotatable bonds is 6. The summed E-state index contributed by atoms with van der Waals surface area (Å²) in [5, 5.41) is 17.2. The second kappa shape index (κ2) is 9.19. The molecule has 0 amide bonds. The molecule has 5 nitrogen and oxygen atoms in total. The molecule has 0 heterocycles. The number of hydrogen-bond acceptors (Lipinski definition) is 5. The standard InChI is InChI=1S/C24H18N4O/c1-3-11-19(12-4-1)25-27-21-15-7-9-17-23(21)29-24-18-10-8-16-22(24)28-26-20-13-5-2-6-14-20/h1-18H. The SMILES string of the molecule is c1ccc(N=Nc2ccccc2Oc2ccccc2N=Nc2ccccc2)cc1. The molecule has 0 aromatic heterocycles. The van der Waals surface area contributed by atoms with E-state index in [2.05, 4.69) is 20.5 Å². The van der Waals surface area contributed by atoms with Crippen LogP contribution in [-0.2, 0) is 0 Å². The molecule has 4 aromatic rings. The smallest absolute Gasteiger partial charge is 0.155 e. The van der Waals surface area contributed by atoms with Gasteiger partial charge < -0.3 is 4.74 Å². The van der Waals surface area contributed by atoms with Crippen molar-refractivity contribution in [2.45, 2.75) is 0 Å². The van der Waals surface area contributed by atoms with E-state index < -0.39 is 0 Å². The van der Waals surface area contributed by atoms with Gasteiger partial charge in [0.2, 0.25) is 0 Å². The molecule has 5 heteroatoms. The highest BCUT2D eigenvalue weighted by atomic mass is 16.5. The molecule has 0 atom stereocenters. The van der Waals surface area contributed by atoms with Crippen LogP contribution in [0.4, 0.5) is 22.7 Å². The van der Waals surface area contributed by atoms with Crippen molar-refractivity contribution >= 4 is 22.7 Å². The Labute approximate surface area is 169 Å². The van der Waals surface area contributed by atoms with Crippen LogP contribution in [0.2, 0.25) is 0 Å². The first-order valence-corrected chi connectivity index (χ1v) is 9.18. The molecule has 0 fully saturated rings. The molecule has 0 aliphatic carbocycles. The summed E-state index contributed by atoms with van der Waals surface area (Å²) in [7, 11) is 0. The summed E-state index contributed by atoms with van der Waals surface area (Å²) in [6, 6.07) is 34.1. The van der Waals surface area contributed by atoms with Crippen molar-refractivity contribution in [3.63, 3.8) is 0 Å². The number of para-hydroxylation sites is 2. The summed E-state index contributed by atoms with van der Waals surface area (Å²) in [5.41, 5.74) is 2.82. The van der Waals surface area contributed by atoms with E-state index in [-0.39, 0.29) is 0 Å². The van der Waals surface area contributed by atoms with Crippen molar-refractivity contribution in [1.82, 2.24) is 0 Å². The van der Waals surface area contributed by atoms with Gasteiger partial charge in [-0.3, -0.25) is 0 Å². The van der Waals surface area contributed by atoms with E-state index in [4.69, 9.17) is 4.74 Å². The predicted octanol–water partition coefficient (Wildman–Crippen LogP) is 8.31. The van der Waals surface area contributed by atoms with Gasteiger partial charge in [0, 0.05) is 0 Å². The Morgan fingerprint density at radius 2 is 0.759 bits per heavy atom. The zero-order valence-corrected chi connectivity index (χ0v) is 15.6. The van der Waals surface area contributed by atoms with Gasteiger partial charge in [-0.05, 0) is 48.5 Å². The average molecular weight is 378 g/mol. The summed E-state index contributed by atoms with van der Waals surface area (Å²) < 4.78 is 6.11. The molecular weight excluding hydrogens is 360 g/mol. The number of nitrogens with zero attached hydrogens (tertiary/aromatic N) is 4. The first-order valence-electron chi connectivity index (χ1n) is 9.18. The Morgan fingerprint density at radius 3 is 1.21 bits per heavy atom. The third-order valence-electron chi connectivity index (χ3n) is 4.01. The maximum atomic E-state index is 6.11. The summed E-state index contributed by atoms with van der Waals surface area (Å²) in [4.78, 5) is 0. The van der Waals surface area contributed by atoms with E-state index in [0.29, 0.717) is 22.9 Å². The molecule has 29 heavy (non-hydrogen) atoms. The van der Waals surface area contributed by atoms with Gasteiger partial charge in [-0.25, -0.2) is 0 Å². The minimum absolute atomic E-state index is 0.592. The predicted molar refractivity (Wildman–Crippen MR) is 114 cm³/mol. The molecule has 140 valence electrons. The summed E-state index contributed by atoms with van der Waals surface area (Å²) in [6.45, 7) is 0. The van der Waals surface area contributed by atoms with Crippen molar-refractivity contribution in [1.29, 1.82) is 0 Å². The normalized spacial score (nSPS) is 11.2. The third-order valence-corrected chi connectivity index (χ3v) is 4.01. The van der Waals surface area contributed by atoms with Crippen molar-refractivity contribution in [2.24, 2.45) is 20.5 Å². The van der Waals surface area contributed by atoms with Gasteiger partial charge in [0.25, 0.3) is 0 Å². The zero-order valence-electron chi connectivity index (χ0n) is 15.6. The zero-order chi connectivity index (χ0) is 19.7. The monoisotopic (exact) mass is 378 g/mol.